The molecule has 0 fully saturated rings. The van der Waals surface area contributed by atoms with Gasteiger partial charge in [-0.25, -0.2) is 0 Å². The zero-order chi connectivity index (χ0) is 14.8. The molecule has 2 heterocycles. The number of ketones is 1. The van der Waals surface area contributed by atoms with Crippen molar-refractivity contribution >= 4 is 5.78 Å². The predicted octanol–water partition coefficient (Wildman–Crippen LogP) is 2.28. The maximum absolute atomic E-state index is 11.5. The normalized spacial score (nSPS) is 12.3. The molecule has 0 aliphatic carbocycles. The van der Waals surface area contributed by atoms with Gasteiger partial charge in [0.2, 0.25) is 0 Å². The first-order valence-corrected chi connectivity index (χ1v) is 6.67. The van der Waals surface area contributed by atoms with E-state index in [1.54, 1.807) is 25.5 Å². The molecule has 1 aromatic carbocycles. The van der Waals surface area contributed by atoms with E-state index in [2.05, 4.69) is 15.3 Å². The van der Waals surface area contributed by atoms with E-state index in [9.17, 15) is 4.79 Å². The van der Waals surface area contributed by atoms with Crippen molar-refractivity contribution < 1.29 is 4.79 Å². The van der Waals surface area contributed by atoms with Gasteiger partial charge in [-0.1, -0.05) is 12.1 Å². The number of rotatable bonds is 4. The maximum atomic E-state index is 11.5. The summed E-state index contributed by atoms with van der Waals surface area (Å²) in [6, 6.07) is 9.23. The number of benzene rings is 1. The highest BCUT2D eigenvalue weighted by molar-refractivity contribution is 5.94. The van der Waals surface area contributed by atoms with Gasteiger partial charge in [0.1, 0.15) is 12.4 Å². The lowest BCUT2D eigenvalue weighted by Gasteiger charge is -2.13. The van der Waals surface area contributed by atoms with Crippen LogP contribution in [0, 0.1) is 0 Å². The van der Waals surface area contributed by atoms with Gasteiger partial charge in [0.25, 0.3) is 0 Å². The van der Waals surface area contributed by atoms with Gasteiger partial charge >= 0.3 is 0 Å². The van der Waals surface area contributed by atoms with Gasteiger partial charge < -0.3 is 0 Å². The average molecular weight is 281 g/mol. The number of aromatic nitrogens is 5. The highest BCUT2D eigenvalue weighted by Crippen LogP contribution is 2.19. The molecule has 0 spiro atoms. The van der Waals surface area contributed by atoms with Crippen molar-refractivity contribution in [2.24, 2.45) is 0 Å². The Bertz CT molecular complexity index is 760. The lowest BCUT2D eigenvalue weighted by Crippen LogP contribution is -2.13. The summed E-state index contributed by atoms with van der Waals surface area (Å²) < 4.78 is 3.69. The fraction of sp³-hybridized carbons (Fsp3) is 0.200. The number of hydrogen-bond donors (Lipinski definition) is 0. The molecule has 106 valence electrons. The van der Waals surface area contributed by atoms with Gasteiger partial charge in [0, 0.05) is 23.6 Å². The molecule has 0 unspecified atom stereocenters. The molecular formula is C15H15N5O. The van der Waals surface area contributed by atoms with E-state index in [0.29, 0.717) is 5.56 Å². The van der Waals surface area contributed by atoms with Crippen LogP contribution in [0.1, 0.15) is 36.1 Å². The third kappa shape index (κ3) is 2.47. The third-order valence-electron chi connectivity index (χ3n) is 3.40. The lowest BCUT2D eigenvalue weighted by molar-refractivity contribution is 0.101. The minimum Gasteiger partial charge on any atom is -0.295 e. The quantitative estimate of drug-likeness (QED) is 0.688. The van der Waals surface area contributed by atoms with Crippen LogP contribution in [-0.4, -0.2) is 30.3 Å². The van der Waals surface area contributed by atoms with Crippen molar-refractivity contribution in [2.45, 2.75) is 19.9 Å². The zero-order valence-corrected chi connectivity index (χ0v) is 11.8. The fourth-order valence-electron chi connectivity index (χ4n) is 2.23. The van der Waals surface area contributed by atoms with Crippen LogP contribution in [0.25, 0.3) is 5.69 Å². The second kappa shape index (κ2) is 5.32. The average Bonchev–Trinajstić information content (AvgIpc) is 3.18. The summed E-state index contributed by atoms with van der Waals surface area (Å²) in [7, 11) is 0. The maximum Gasteiger partial charge on any atom is 0.162 e. The minimum absolute atomic E-state index is 0.0339. The van der Waals surface area contributed by atoms with Crippen molar-refractivity contribution in [1.82, 2.24) is 24.5 Å². The molecule has 0 N–H and O–H groups in total. The van der Waals surface area contributed by atoms with Crippen LogP contribution in [0.15, 0.2) is 49.1 Å². The van der Waals surface area contributed by atoms with Gasteiger partial charge in [0.05, 0.1) is 0 Å². The van der Waals surface area contributed by atoms with Crippen LogP contribution in [0.3, 0.4) is 0 Å². The van der Waals surface area contributed by atoms with Crippen molar-refractivity contribution in [3.8, 4) is 5.69 Å². The highest BCUT2D eigenvalue weighted by Gasteiger charge is 2.16. The first kappa shape index (κ1) is 13.2. The van der Waals surface area contributed by atoms with Gasteiger partial charge in [-0.3, -0.25) is 14.0 Å². The van der Waals surface area contributed by atoms with E-state index in [4.69, 9.17) is 0 Å². The third-order valence-corrected chi connectivity index (χ3v) is 3.40. The van der Waals surface area contributed by atoms with Crippen molar-refractivity contribution in [3.63, 3.8) is 0 Å². The summed E-state index contributed by atoms with van der Waals surface area (Å²) >= 11 is 0. The number of carbonyl (C=O) groups excluding carboxylic acids is 1. The van der Waals surface area contributed by atoms with E-state index >= 15 is 0 Å². The molecular weight excluding hydrogens is 266 g/mol. The lowest BCUT2D eigenvalue weighted by atomic mass is 10.1. The molecule has 0 saturated carbocycles. The minimum atomic E-state index is -0.0523. The predicted molar refractivity (Wildman–Crippen MR) is 77.4 cm³/mol. The number of Topliss-reactive ketones (excluding diaryl/α,β-unsaturated/α-hetero) is 1. The summed E-state index contributed by atoms with van der Waals surface area (Å²) in [5.41, 5.74) is 1.53. The van der Waals surface area contributed by atoms with E-state index in [0.717, 1.165) is 11.5 Å². The Hall–Kier alpha value is -2.76. The standard InChI is InChI=1S/C15H15N5O/c1-11(20-8-4-7-17-20)15-18-16-10-19(15)14-6-3-5-13(9-14)12(2)21/h3-11H,1-2H3/t11-/m0/s1. The van der Waals surface area contributed by atoms with Crippen molar-refractivity contribution in [3.05, 3.63) is 60.4 Å². The molecule has 2 aromatic heterocycles. The van der Waals surface area contributed by atoms with Gasteiger partial charge in [-0.2, -0.15) is 5.10 Å². The summed E-state index contributed by atoms with van der Waals surface area (Å²) in [6.07, 6.45) is 5.26. The molecule has 1 atom stereocenters. The Morgan fingerprint density at radius 3 is 2.86 bits per heavy atom. The Morgan fingerprint density at radius 1 is 1.29 bits per heavy atom. The van der Waals surface area contributed by atoms with Crippen LogP contribution >= 0.6 is 0 Å². The van der Waals surface area contributed by atoms with Crippen molar-refractivity contribution in [1.29, 1.82) is 0 Å². The van der Waals surface area contributed by atoms with E-state index < -0.39 is 0 Å². The Labute approximate surface area is 122 Å². The van der Waals surface area contributed by atoms with Gasteiger partial charge in [0.15, 0.2) is 11.6 Å². The van der Waals surface area contributed by atoms with E-state index in [1.807, 2.05) is 46.6 Å². The molecule has 3 aromatic rings. The van der Waals surface area contributed by atoms with Crippen LogP contribution < -0.4 is 0 Å². The van der Waals surface area contributed by atoms with Crippen LogP contribution in [0.5, 0.6) is 0 Å². The Balaban J connectivity index is 2.03. The SMILES string of the molecule is CC(=O)c1cccc(-n2cnnc2[C@H](C)n2cccn2)c1. The Kier molecular flexibility index (Phi) is 3.35. The Morgan fingerprint density at radius 2 is 2.14 bits per heavy atom. The molecule has 0 amide bonds. The van der Waals surface area contributed by atoms with Crippen molar-refractivity contribution in [2.75, 3.05) is 0 Å². The molecule has 3 rings (SSSR count). The summed E-state index contributed by atoms with van der Waals surface area (Å²) in [5, 5.41) is 12.4. The van der Waals surface area contributed by atoms with Gasteiger partial charge in [-0.15, -0.1) is 10.2 Å². The molecule has 0 aliphatic heterocycles. The topological polar surface area (TPSA) is 65.6 Å². The first-order chi connectivity index (χ1) is 10.2. The number of hydrogen-bond acceptors (Lipinski definition) is 4. The molecule has 0 radical (unpaired) electrons. The second-order valence-corrected chi connectivity index (χ2v) is 4.83. The van der Waals surface area contributed by atoms with Gasteiger partial charge in [-0.05, 0) is 32.0 Å². The number of nitrogens with zero attached hydrogens (tertiary/aromatic N) is 5. The molecule has 0 saturated heterocycles. The molecule has 21 heavy (non-hydrogen) atoms. The molecule has 0 bridgehead atoms. The van der Waals surface area contributed by atoms with E-state index in [1.165, 1.54) is 0 Å². The summed E-state index contributed by atoms with van der Waals surface area (Å²) in [6.45, 7) is 3.56. The number of carbonyl (C=O) groups is 1. The van der Waals surface area contributed by atoms with Crippen LogP contribution in [0.2, 0.25) is 0 Å². The summed E-state index contributed by atoms with van der Waals surface area (Å²) in [4.78, 5) is 11.5. The molecule has 0 aliphatic rings. The first-order valence-electron chi connectivity index (χ1n) is 6.67. The fourth-order valence-corrected chi connectivity index (χ4v) is 2.23. The monoisotopic (exact) mass is 281 g/mol. The van der Waals surface area contributed by atoms with Crippen LogP contribution in [-0.2, 0) is 0 Å². The summed E-state index contributed by atoms with van der Waals surface area (Å²) in [5.74, 6) is 0.797. The second-order valence-electron chi connectivity index (χ2n) is 4.83. The van der Waals surface area contributed by atoms with E-state index in [-0.39, 0.29) is 11.8 Å². The smallest absolute Gasteiger partial charge is 0.162 e. The largest absolute Gasteiger partial charge is 0.295 e. The molecule has 6 nitrogen and oxygen atoms in total. The molecule has 6 heteroatoms. The van der Waals surface area contributed by atoms with Crippen LogP contribution in [0.4, 0.5) is 0 Å². The zero-order valence-electron chi connectivity index (χ0n) is 11.8. The highest BCUT2D eigenvalue weighted by atomic mass is 16.1.